The predicted octanol–water partition coefficient (Wildman–Crippen LogP) is 5.36. The van der Waals surface area contributed by atoms with Crippen molar-refractivity contribution < 1.29 is 0 Å². The monoisotopic (exact) mass is 339 g/mol. The molecule has 0 aliphatic heterocycles. The van der Waals surface area contributed by atoms with Crippen LogP contribution in [0.25, 0.3) is 11.0 Å². The van der Waals surface area contributed by atoms with Gasteiger partial charge in [-0.05, 0) is 32.9 Å². The molecule has 2 heterocycles. The Kier molecular flexibility index (Phi) is 3.95. The third-order valence-electron chi connectivity index (χ3n) is 3.44. The summed E-state index contributed by atoms with van der Waals surface area (Å²) in [5.74, 6) is 0.820. The van der Waals surface area contributed by atoms with Crippen LogP contribution in [-0.4, -0.2) is 14.5 Å². The maximum atomic E-state index is 6.33. The number of thiazole rings is 1. The number of hydrogen-bond acceptors (Lipinski definition) is 3. The Bertz CT molecular complexity index is 791. The number of halogens is 2. The first kappa shape index (κ1) is 14.8. The molecule has 6 heteroatoms. The van der Waals surface area contributed by atoms with Gasteiger partial charge in [-0.15, -0.1) is 22.9 Å². The Hall–Kier alpha value is -1.10. The average molecular weight is 340 g/mol. The van der Waals surface area contributed by atoms with Gasteiger partial charge in [-0.25, -0.2) is 9.97 Å². The van der Waals surface area contributed by atoms with Gasteiger partial charge in [0.1, 0.15) is 16.3 Å². The molecule has 3 rings (SSSR count). The molecule has 0 saturated heterocycles. The van der Waals surface area contributed by atoms with Gasteiger partial charge in [0, 0.05) is 11.1 Å². The van der Waals surface area contributed by atoms with Gasteiger partial charge < -0.3 is 4.57 Å². The molecule has 3 nitrogen and oxygen atoms in total. The quantitative estimate of drug-likeness (QED) is 0.601. The second-order valence-corrected chi connectivity index (χ2v) is 7.02. The van der Waals surface area contributed by atoms with Crippen molar-refractivity contribution in [3.05, 3.63) is 45.1 Å². The van der Waals surface area contributed by atoms with Crippen LogP contribution in [-0.2, 0) is 0 Å². The van der Waals surface area contributed by atoms with E-state index in [0.29, 0.717) is 5.02 Å². The van der Waals surface area contributed by atoms with E-state index < -0.39 is 0 Å². The van der Waals surface area contributed by atoms with Crippen LogP contribution < -0.4 is 0 Å². The minimum Gasteiger partial charge on any atom is -0.317 e. The molecule has 3 aromatic rings. The molecule has 0 amide bonds. The molecular formula is C15H15Cl2N3S. The molecule has 0 fully saturated rings. The van der Waals surface area contributed by atoms with Crippen LogP contribution in [0.2, 0.25) is 5.02 Å². The standard InChI is InChI=1S/C15H15Cl2N3S/c1-8-7-21-15(18-8)10(3)20-12-6-4-5-11(17)13(12)19-14(20)9(2)16/h4-7,9-10H,1-3H3. The van der Waals surface area contributed by atoms with Gasteiger partial charge >= 0.3 is 0 Å². The largest absolute Gasteiger partial charge is 0.317 e. The molecule has 0 bridgehead atoms. The molecule has 0 saturated carbocycles. The van der Waals surface area contributed by atoms with Crippen molar-refractivity contribution in [3.63, 3.8) is 0 Å². The summed E-state index contributed by atoms with van der Waals surface area (Å²) in [4.78, 5) is 9.23. The molecular weight excluding hydrogens is 325 g/mol. The molecule has 110 valence electrons. The van der Waals surface area contributed by atoms with Gasteiger partial charge in [0.25, 0.3) is 0 Å². The van der Waals surface area contributed by atoms with Crippen molar-refractivity contribution in [1.29, 1.82) is 0 Å². The average Bonchev–Trinajstić information content (AvgIpc) is 3.02. The SMILES string of the molecule is Cc1csc(C(C)n2c(C(C)Cl)nc3c(Cl)cccc32)n1. The normalized spacial score (nSPS) is 14.5. The van der Waals surface area contributed by atoms with Gasteiger partial charge in [0.15, 0.2) is 0 Å². The van der Waals surface area contributed by atoms with Crippen LogP contribution in [0, 0.1) is 6.92 Å². The topological polar surface area (TPSA) is 30.7 Å². The summed E-state index contributed by atoms with van der Waals surface area (Å²) in [5.41, 5.74) is 2.82. The third kappa shape index (κ3) is 2.56. The Morgan fingerprint density at radius 2 is 2.00 bits per heavy atom. The van der Waals surface area contributed by atoms with Gasteiger partial charge in [0.2, 0.25) is 0 Å². The van der Waals surface area contributed by atoms with Gasteiger partial charge in [0.05, 0.1) is 22.0 Å². The van der Waals surface area contributed by atoms with Crippen LogP contribution >= 0.6 is 34.5 Å². The fourth-order valence-corrected chi connectivity index (χ4v) is 3.67. The van der Waals surface area contributed by atoms with Gasteiger partial charge in [-0.1, -0.05) is 17.7 Å². The van der Waals surface area contributed by atoms with Crippen molar-refractivity contribution in [2.45, 2.75) is 32.2 Å². The van der Waals surface area contributed by atoms with Crippen molar-refractivity contribution in [2.75, 3.05) is 0 Å². The van der Waals surface area contributed by atoms with E-state index in [9.17, 15) is 0 Å². The number of imidazole rings is 1. The number of fused-ring (bicyclic) bond motifs is 1. The first-order valence-corrected chi connectivity index (χ1v) is 8.41. The van der Waals surface area contributed by atoms with Crippen molar-refractivity contribution in [1.82, 2.24) is 14.5 Å². The Morgan fingerprint density at radius 3 is 2.62 bits per heavy atom. The van der Waals surface area contributed by atoms with Crippen LogP contribution in [0.5, 0.6) is 0 Å². The molecule has 0 radical (unpaired) electrons. The maximum Gasteiger partial charge on any atom is 0.128 e. The van der Waals surface area contributed by atoms with Crippen molar-refractivity contribution in [3.8, 4) is 0 Å². The molecule has 2 atom stereocenters. The minimum absolute atomic E-state index is 0.0726. The van der Waals surface area contributed by atoms with E-state index in [2.05, 4.69) is 26.8 Å². The molecule has 2 unspecified atom stereocenters. The molecule has 1 aromatic carbocycles. The van der Waals surface area contributed by atoms with E-state index in [1.54, 1.807) is 11.3 Å². The Morgan fingerprint density at radius 1 is 1.24 bits per heavy atom. The smallest absolute Gasteiger partial charge is 0.128 e. The summed E-state index contributed by atoms with van der Waals surface area (Å²) in [5, 5.41) is 3.55. The van der Waals surface area contributed by atoms with Crippen LogP contribution in [0.4, 0.5) is 0 Å². The third-order valence-corrected chi connectivity index (χ3v) is 5.07. The van der Waals surface area contributed by atoms with E-state index >= 15 is 0 Å². The van der Waals surface area contributed by atoms with Gasteiger partial charge in [-0.3, -0.25) is 0 Å². The Labute approximate surface area is 137 Å². The van der Waals surface area contributed by atoms with Crippen LogP contribution in [0.1, 0.15) is 41.8 Å². The zero-order chi connectivity index (χ0) is 15.1. The predicted molar refractivity (Wildman–Crippen MR) is 89.7 cm³/mol. The summed E-state index contributed by atoms with van der Waals surface area (Å²) < 4.78 is 2.14. The first-order valence-electron chi connectivity index (χ1n) is 6.71. The zero-order valence-electron chi connectivity index (χ0n) is 12.0. The Balaban J connectivity index is 2.24. The number of aryl methyl sites for hydroxylation is 1. The number of aromatic nitrogens is 3. The highest BCUT2D eigenvalue weighted by atomic mass is 35.5. The highest BCUT2D eigenvalue weighted by Gasteiger charge is 2.22. The van der Waals surface area contributed by atoms with E-state index in [0.717, 1.165) is 27.6 Å². The number of rotatable bonds is 3. The molecule has 0 spiro atoms. The lowest BCUT2D eigenvalue weighted by atomic mass is 10.2. The molecule has 0 aliphatic rings. The van der Waals surface area contributed by atoms with Crippen LogP contribution in [0.3, 0.4) is 0 Å². The summed E-state index contributed by atoms with van der Waals surface area (Å²) in [6.45, 7) is 6.04. The highest BCUT2D eigenvalue weighted by Crippen LogP contribution is 2.34. The lowest BCUT2D eigenvalue weighted by Crippen LogP contribution is -2.11. The molecule has 21 heavy (non-hydrogen) atoms. The molecule has 0 N–H and O–H groups in total. The summed E-state index contributed by atoms with van der Waals surface area (Å²) >= 11 is 14.2. The summed E-state index contributed by atoms with van der Waals surface area (Å²) in [6.07, 6.45) is 0. The first-order chi connectivity index (χ1) is 9.99. The highest BCUT2D eigenvalue weighted by molar-refractivity contribution is 7.09. The summed E-state index contributed by atoms with van der Waals surface area (Å²) in [6, 6.07) is 5.88. The number of nitrogens with zero attached hydrogens (tertiary/aromatic N) is 3. The minimum atomic E-state index is -0.197. The van der Waals surface area contributed by atoms with Gasteiger partial charge in [-0.2, -0.15) is 0 Å². The van der Waals surface area contributed by atoms with E-state index in [1.165, 1.54) is 0 Å². The fraction of sp³-hybridized carbons (Fsp3) is 0.333. The number of alkyl halides is 1. The second-order valence-electron chi connectivity index (χ2n) is 5.07. The number of benzene rings is 1. The molecule has 2 aromatic heterocycles. The fourth-order valence-electron chi connectivity index (χ4n) is 2.46. The van der Waals surface area contributed by atoms with E-state index in [-0.39, 0.29) is 11.4 Å². The maximum absolute atomic E-state index is 6.33. The summed E-state index contributed by atoms with van der Waals surface area (Å²) in [7, 11) is 0. The lowest BCUT2D eigenvalue weighted by molar-refractivity contribution is 0.614. The van der Waals surface area contributed by atoms with Crippen molar-refractivity contribution in [2.24, 2.45) is 0 Å². The number of para-hydroxylation sites is 1. The number of hydrogen-bond donors (Lipinski definition) is 0. The zero-order valence-corrected chi connectivity index (χ0v) is 14.3. The second kappa shape index (κ2) is 5.59. The lowest BCUT2D eigenvalue weighted by Gasteiger charge is -2.16. The van der Waals surface area contributed by atoms with E-state index in [1.807, 2.05) is 32.0 Å². The van der Waals surface area contributed by atoms with Crippen LogP contribution in [0.15, 0.2) is 23.6 Å². The molecule has 0 aliphatic carbocycles. The van der Waals surface area contributed by atoms with E-state index in [4.69, 9.17) is 23.2 Å². The van der Waals surface area contributed by atoms with Crippen molar-refractivity contribution >= 4 is 45.6 Å².